The van der Waals surface area contributed by atoms with Gasteiger partial charge in [-0.1, -0.05) is 0 Å². The van der Waals surface area contributed by atoms with Gasteiger partial charge in [0.2, 0.25) is 0 Å². The number of nitrogens with one attached hydrogen (secondary N) is 1. The molecule has 2 rings (SSSR count). The van der Waals surface area contributed by atoms with Crippen LogP contribution in [0.15, 0.2) is 41.0 Å². The van der Waals surface area contributed by atoms with Crippen LogP contribution in [0.3, 0.4) is 0 Å². The van der Waals surface area contributed by atoms with E-state index in [1.165, 1.54) is 18.2 Å². The Bertz CT molecular complexity index is 698. The van der Waals surface area contributed by atoms with Gasteiger partial charge < -0.3 is 15.5 Å². The molecule has 0 fully saturated rings. The lowest BCUT2D eigenvalue weighted by Gasteiger charge is -2.22. The zero-order chi connectivity index (χ0) is 17.0. The Hall–Kier alpha value is -2.87. The van der Waals surface area contributed by atoms with E-state index in [-0.39, 0.29) is 23.0 Å². The Kier molecular flexibility index (Phi) is 4.97. The van der Waals surface area contributed by atoms with E-state index in [2.05, 4.69) is 5.32 Å². The van der Waals surface area contributed by atoms with Crippen molar-refractivity contribution in [2.75, 3.05) is 26.4 Å². The average Bonchev–Trinajstić information content (AvgIpc) is 3.01. The summed E-state index contributed by atoms with van der Waals surface area (Å²) in [6, 6.07) is 7.43. The van der Waals surface area contributed by atoms with Gasteiger partial charge in [-0.15, -0.1) is 0 Å². The summed E-state index contributed by atoms with van der Waals surface area (Å²) in [5, 5.41) is 13.6. The summed E-state index contributed by atoms with van der Waals surface area (Å²) < 4.78 is 5.36. The zero-order valence-electron chi connectivity index (χ0n) is 12.9. The molecule has 2 aromatic rings. The van der Waals surface area contributed by atoms with Crippen molar-refractivity contribution in [2.24, 2.45) is 0 Å². The minimum Gasteiger partial charge on any atom is -0.468 e. The lowest BCUT2D eigenvalue weighted by molar-refractivity contribution is -0.383. The van der Waals surface area contributed by atoms with Crippen LogP contribution in [0, 0.1) is 10.1 Å². The number of amides is 1. The van der Waals surface area contributed by atoms with Gasteiger partial charge in [0.15, 0.2) is 0 Å². The van der Waals surface area contributed by atoms with Crippen molar-refractivity contribution in [3.8, 4) is 0 Å². The average molecular weight is 318 g/mol. The van der Waals surface area contributed by atoms with Crippen LogP contribution in [-0.4, -0.2) is 36.4 Å². The van der Waals surface area contributed by atoms with Gasteiger partial charge in [-0.2, -0.15) is 0 Å². The van der Waals surface area contributed by atoms with Gasteiger partial charge in [0.1, 0.15) is 11.4 Å². The van der Waals surface area contributed by atoms with Gasteiger partial charge in [-0.3, -0.25) is 19.8 Å². The number of nitrogen functional groups attached to an aromatic ring is 1. The molecule has 0 aliphatic carbocycles. The number of hydrogen-bond donors (Lipinski definition) is 2. The summed E-state index contributed by atoms with van der Waals surface area (Å²) >= 11 is 0. The van der Waals surface area contributed by atoms with Crippen LogP contribution >= 0.6 is 0 Å². The number of rotatable bonds is 6. The number of nitro groups is 1. The van der Waals surface area contributed by atoms with Crippen LogP contribution in [-0.2, 0) is 0 Å². The van der Waals surface area contributed by atoms with Crippen molar-refractivity contribution in [3.05, 3.63) is 58.0 Å². The Morgan fingerprint density at radius 2 is 2.17 bits per heavy atom. The van der Waals surface area contributed by atoms with Crippen LogP contribution in [0.4, 0.5) is 11.4 Å². The highest BCUT2D eigenvalue weighted by Crippen LogP contribution is 2.22. The minimum absolute atomic E-state index is 0.0216. The highest BCUT2D eigenvalue weighted by atomic mass is 16.6. The first-order chi connectivity index (χ1) is 10.9. The van der Waals surface area contributed by atoms with Crippen molar-refractivity contribution in [2.45, 2.75) is 6.04 Å². The Morgan fingerprint density at radius 1 is 1.43 bits per heavy atom. The fraction of sp³-hybridized carbons (Fsp3) is 0.267. The van der Waals surface area contributed by atoms with E-state index in [1.807, 2.05) is 25.1 Å². The Morgan fingerprint density at radius 3 is 2.74 bits per heavy atom. The van der Waals surface area contributed by atoms with E-state index in [9.17, 15) is 14.9 Å². The summed E-state index contributed by atoms with van der Waals surface area (Å²) in [5.74, 6) is 0.310. The number of hydrogen-bond acceptors (Lipinski definition) is 6. The second kappa shape index (κ2) is 6.93. The van der Waals surface area contributed by atoms with Crippen LogP contribution in [0.25, 0.3) is 0 Å². The van der Waals surface area contributed by atoms with E-state index >= 15 is 0 Å². The third-order valence-electron chi connectivity index (χ3n) is 3.44. The molecule has 23 heavy (non-hydrogen) atoms. The normalized spacial score (nSPS) is 12.1. The number of nitrogens with zero attached hydrogens (tertiary/aromatic N) is 2. The molecular formula is C15H18N4O4. The number of likely N-dealkylation sites (N-methyl/N-ethyl adjacent to an activating group) is 1. The van der Waals surface area contributed by atoms with Gasteiger partial charge in [0.05, 0.1) is 17.2 Å². The Labute approximate surface area is 133 Å². The fourth-order valence-corrected chi connectivity index (χ4v) is 2.15. The molecular weight excluding hydrogens is 300 g/mol. The topological polar surface area (TPSA) is 115 Å². The number of nitrogens with two attached hydrogens (primary N) is 1. The predicted octanol–water partition coefficient (Wildman–Crippen LogP) is 1.80. The molecule has 0 spiro atoms. The van der Waals surface area contributed by atoms with Gasteiger partial charge in [0.25, 0.3) is 11.6 Å². The highest BCUT2D eigenvalue weighted by molar-refractivity contribution is 5.95. The number of carbonyl (C=O) groups is 1. The smallest absolute Gasteiger partial charge is 0.292 e. The number of benzene rings is 1. The van der Waals surface area contributed by atoms with E-state index in [4.69, 9.17) is 10.2 Å². The maximum Gasteiger partial charge on any atom is 0.292 e. The van der Waals surface area contributed by atoms with E-state index < -0.39 is 10.8 Å². The molecule has 1 aromatic carbocycles. The van der Waals surface area contributed by atoms with Crippen LogP contribution < -0.4 is 11.1 Å². The van der Waals surface area contributed by atoms with Gasteiger partial charge >= 0.3 is 0 Å². The first-order valence-electron chi connectivity index (χ1n) is 6.92. The third kappa shape index (κ3) is 3.86. The molecule has 122 valence electrons. The van der Waals surface area contributed by atoms with Crippen LogP contribution in [0.2, 0.25) is 0 Å². The molecule has 0 saturated carbocycles. The van der Waals surface area contributed by atoms with Crippen molar-refractivity contribution in [1.29, 1.82) is 0 Å². The number of anilines is 1. The highest BCUT2D eigenvalue weighted by Gasteiger charge is 2.20. The van der Waals surface area contributed by atoms with Gasteiger partial charge in [-0.05, 0) is 38.4 Å². The van der Waals surface area contributed by atoms with E-state index in [1.54, 1.807) is 12.3 Å². The second-order valence-electron chi connectivity index (χ2n) is 5.24. The van der Waals surface area contributed by atoms with E-state index in [0.717, 1.165) is 5.76 Å². The molecule has 1 aromatic heterocycles. The molecule has 0 aliphatic heterocycles. The SMILES string of the molecule is CN(C)C(CNC(=O)c1ccc(N)c([N+](=O)[O-])c1)c1ccco1. The summed E-state index contributed by atoms with van der Waals surface area (Å²) in [4.78, 5) is 24.4. The minimum atomic E-state index is -0.614. The lowest BCUT2D eigenvalue weighted by Crippen LogP contribution is -2.34. The molecule has 8 nitrogen and oxygen atoms in total. The largest absolute Gasteiger partial charge is 0.468 e. The molecule has 0 saturated heterocycles. The predicted molar refractivity (Wildman–Crippen MR) is 85.0 cm³/mol. The first kappa shape index (κ1) is 16.5. The number of nitro benzene ring substituents is 1. The summed E-state index contributed by atoms with van der Waals surface area (Å²) in [5.41, 5.74) is 5.44. The molecule has 1 unspecified atom stereocenters. The molecule has 1 amide bonds. The van der Waals surface area contributed by atoms with Gasteiger partial charge in [-0.25, -0.2) is 0 Å². The van der Waals surface area contributed by atoms with E-state index in [0.29, 0.717) is 6.54 Å². The molecule has 3 N–H and O–H groups in total. The number of furan rings is 1. The van der Waals surface area contributed by atoms with Crippen LogP contribution in [0.1, 0.15) is 22.2 Å². The van der Waals surface area contributed by atoms with Crippen molar-refractivity contribution in [1.82, 2.24) is 10.2 Å². The summed E-state index contributed by atoms with van der Waals surface area (Å²) in [6.07, 6.45) is 1.57. The molecule has 0 bridgehead atoms. The molecule has 0 aliphatic rings. The standard InChI is InChI=1S/C15H18N4O4/c1-18(2)13(14-4-3-7-23-14)9-17-15(20)10-5-6-11(16)12(8-10)19(21)22/h3-8,13H,9,16H2,1-2H3,(H,17,20). The van der Waals surface area contributed by atoms with Crippen molar-refractivity contribution in [3.63, 3.8) is 0 Å². The van der Waals surface area contributed by atoms with Gasteiger partial charge in [0, 0.05) is 18.2 Å². The molecule has 0 radical (unpaired) electrons. The molecule has 1 atom stereocenters. The monoisotopic (exact) mass is 318 g/mol. The fourth-order valence-electron chi connectivity index (χ4n) is 2.15. The molecule has 1 heterocycles. The van der Waals surface area contributed by atoms with Crippen molar-refractivity contribution < 1.29 is 14.1 Å². The van der Waals surface area contributed by atoms with Crippen molar-refractivity contribution >= 4 is 17.3 Å². The maximum atomic E-state index is 12.2. The number of carbonyl (C=O) groups excluding carboxylic acids is 1. The van der Waals surface area contributed by atoms with Crippen LogP contribution in [0.5, 0.6) is 0 Å². The zero-order valence-corrected chi connectivity index (χ0v) is 12.9. The lowest BCUT2D eigenvalue weighted by atomic mass is 10.1. The summed E-state index contributed by atoms with van der Waals surface area (Å²) in [7, 11) is 3.74. The quantitative estimate of drug-likeness (QED) is 0.477. The molecule has 8 heteroatoms. The Balaban J connectivity index is 2.10. The second-order valence-corrected chi connectivity index (χ2v) is 5.24. The summed E-state index contributed by atoms with van der Waals surface area (Å²) in [6.45, 7) is 0.303. The maximum absolute atomic E-state index is 12.2. The third-order valence-corrected chi connectivity index (χ3v) is 3.44. The first-order valence-corrected chi connectivity index (χ1v) is 6.92.